The number of fused-ring (bicyclic) bond motifs is 2. The average Bonchev–Trinajstić information content (AvgIpc) is 3.18. The lowest BCUT2D eigenvalue weighted by molar-refractivity contribution is 0.845. The summed E-state index contributed by atoms with van der Waals surface area (Å²) in [7, 11) is 0. The van der Waals surface area contributed by atoms with E-state index in [4.69, 9.17) is 11.6 Å². The molecule has 30 heavy (non-hydrogen) atoms. The van der Waals surface area contributed by atoms with Crippen LogP contribution in [0.2, 0.25) is 5.02 Å². The van der Waals surface area contributed by atoms with E-state index in [1.165, 1.54) is 0 Å². The number of anilines is 1. The summed E-state index contributed by atoms with van der Waals surface area (Å²) in [6.45, 7) is 1.89. The Labute approximate surface area is 176 Å². The second kappa shape index (κ2) is 7.27. The van der Waals surface area contributed by atoms with Gasteiger partial charge in [0.05, 0.1) is 23.6 Å². The molecule has 0 radical (unpaired) electrons. The van der Waals surface area contributed by atoms with Gasteiger partial charge < -0.3 is 10.3 Å². The number of benzene rings is 1. The first-order chi connectivity index (χ1) is 14.6. The second-order valence-electron chi connectivity index (χ2n) is 6.99. The number of imidazole rings is 1. The van der Waals surface area contributed by atoms with Crippen LogP contribution in [0.3, 0.4) is 0 Å². The van der Waals surface area contributed by atoms with Crippen molar-refractivity contribution in [1.82, 2.24) is 24.3 Å². The normalized spacial score (nSPS) is 12.3. The number of halogens is 1. The van der Waals surface area contributed by atoms with Gasteiger partial charge in [-0.05, 0) is 49.4 Å². The minimum Gasteiger partial charge on any atom is -0.347 e. The third-order valence-electron chi connectivity index (χ3n) is 4.98. The van der Waals surface area contributed by atoms with Gasteiger partial charge in [-0.2, -0.15) is 0 Å². The molecule has 0 saturated heterocycles. The topological polar surface area (TPSA) is 88.0 Å². The smallest absolute Gasteiger partial charge is 0.253 e. The predicted octanol–water partition coefficient (Wildman–Crippen LogP) is 4.46. The standard InChI is InChI=1S/C22H17ClN6O/c1-13(16-11-14-10-15(23)5-6-17(14)27-21(16)30)26-22-24-8-7-18(28-22)19-12-25-20-4-2-3-9-29(19)20/h2-13H,1H3,(H,27,30)(H,24,26,28). The summed E-state index contributed by atoms with van der Waals surface area (Å²) in [5.74, 6) is 0.427. The third kappa shape index (κ3) is 3.29. The molecule has 0 aliphatic heterocycles. The average molecular weight is 417 g/mol. The van der Waals surface area contributed by atoms with Crippen molar-refractivity contribution in [2.45, 2.75) is 13.0 Å². The van der Waals surface area contributed by atoms with Crippen LogP contribution >= 0.6 is 11.6 Å². The number of nitrogens with zero attached hydrogens (tertiary/aromatic N) is 4. The van der Waals surface area contributed by atoms with Gasteiger partial charge in [-0.25, -0.2) is 15.0 Å². The summed E-state index contributed by atoms with van der Waals surface area (Å²) in [5, 5.41) is 4.71. The number of aromatic amines is 1. The van der Waals surface area contributed by atoms with Crippen LogP contribution in [0.25, 0.3) is 27.9 Å². The number of hydrogen-bond donors (Lipinski definition) is 2. The summed E-state index contributed by atoms with van der Waals surface area (Å²) in [4.78, 5) is 28.8. The molecule has 148 valence electrons. The second-order valence-corrected chi connectivity index (χ2v) is 7.43. The maximum Gasteiger partial charge on any atom is 0.253 e. The van der Waals surface area contributed by atoms with Crippen molar-refractivity contribution in [3.63, 3.8) is 0 Å². The molecule has 0 fully saturated rings. The van der Waals surface area contributed by atoms with Gasteiger partial charge in [0, 0.05) is 33.9 Å². The highest BCUT2D eigenvalue weighted by molar-refractivity contribution is 6.31. The van der Waals surface area contributed by atoms with E-state index in [9.17, 15) is 4.79 Å². The predicted molar refractivity (Wildman–Crippen MR) is 118 cm³/mol. The summed E-state index contributed by atoms with van der Waals surface area (Å²) in [6, 6.07) is 14.5. The molecular formula is C22H17ClN6O. The Bertz CT molecular complexity index is 1440. The Balaban J connectivity index is 1.48. The SMILES string of the molecule is CC(Nc1nccc(-c2cnc3ccccn23)n1)c1cc2cc(Cl)ccc2[nH]c1=O. The Morgan fingerprint density at radius 3 is 2.93 bits per heavy atom. The van der Waals surface area contributed by atoms with E-state index in [0.717, 1.165) is 27.9 Å². The molecule has 8 heteroatoms. The fourth-order valence-corrected chi connectivity index (χ4v) is 3.66. The van der Waals surface area contributed by atoms with Crippen LogP contribution < -0.4 is 10.9 Å². The minimum absolute atomic E-state index is 0.164. The maximum absolute atomic E-state index is 12.6. The van der Waals surface area contributed by atoms with Crippen LogP contribution in [0.1, 0.15) is 18.5 Å². The number of H-pyrrole nitrogens is 1. The number of rotatable bonds is 4. The van der Waals surface area contributed by atoms with E-state index in [1.54, 1.807) is 24.5 Å². The summed E-state index contributed by atoms with van der Waals surface area (Å²) in [5.41, 5.74) is 3.59. The van der Waals surface area contributed by atoms with Crippen molar-refractivity contribution < 1.29 is 0 Å². The van der Waals surface area contributed by atoms with Gasteiger partial charge in [-0.15, -0.1) is 0 Å². The zero-order chi connectivity index (χ0) is 20.7. The van der Waals surface area contributed by atoms with Crippen molar-refractivity contribution >= 4 is 34.1 Å². The Morgan fingerprint density at radius 2 is 2.03 bits per heavy atom. The number of aromatic nitrogens is 5. The van der Waals surface area contributed by atoms with E-state index in [1.807, 2.05) is 53.9 Å². The fourth-order valence-electron chi connectivity index (χ4n) is 3.48. The molecule has 5 aromatic rings. The van der Waals surface area contributed by atoms with Gasteiger partial charge in [0.25, 0.3) is 5.56 Å². The molecule has 1 unspecified atom stereocenters. The molecule has 0 saturated carbocycles. The van der Waals surface area contributed by atoms with E-state index in [2.05, 4.69) is 25.3 Å². The molecule has 0 aliphatic carbocycles. The van der Waals surface area contributed by atoms with Crippen molar-refractivity contribution in [2.75, 3.05) is 5.32 Å². The van der Waals surface area contributed by atoms with Crippen LogP contribution in [0.4, 0.5) is 5.95 Å². The summed E-state index contributed by atoms with van der Waals surface area (Å²) < 4.78 is 1.97. The van der Waals surface area contributed by atoms with Gasteiger partial charge in [0.15, 0.2) is 0 Å². The molecule has 0 spiro atoms. The van der Waals surface area contributed by atoms with E-state index < -0.39 is 0 Å². The molecular weight excluding hydrogens is 400 g/mol. The molecule has 0 bridgehead atoms. The Hall–Kier alpha value is -3.71. The highest BCUT2D eigenvalue weighted by atomic mass is 35.5. The number of pyridine rings is 2. The number of nitrogens with one attached hydrogen (secondary N) is 2. The van der Waals surface area contributed by atoms with Crippen LogP contribution in [0.5, 0.6) is 0 Å². The van der Waals surface area contributed by atoms with Gasteiger partial charge in [-0.1, -0.05) is 17.7 Å². The van der Waals surface area contributed by atoms with E-state index in [-0.39, 0.29) is 11.6 Å². The lowest BCUT2D eigenvalue weighted by Gasteiger charge is -2.14. The molecule has 0 amide bonds. The largest absolute Gasteiger partial charge is 0.347 e. The highest BCUT2D eigenvalue weighted by Crippen LogP contribution is 2.23. The lowest BCUT2D eigenvalue weighted by Crippen LogP contribution is -2.20. The third-order valence-corrected chi connectivity index (χ3v) is 5.22. The van der Waals surface area contributed by atoms with Crippen molar-refractivity contribution in [1.29, 1.82) is 0 Å². The zero-order valence-corrected chi connectivity index (χ0v) is 16.8. The Kier molecular flexibility index (Phi) is 4.44. The van der Waals surface area contributed by atoms with E-state index in [0.29, 0.717) is 16.5 Å². The van der Waals surface area contributed by atoms with E-state index >= 15 is 0 Å². The van der Waals surface area contributed by atoms with Crippen LogP contribution in [-0.4, -0.2) is 24.3 Å². The molecule has 4 heterocycles. The first kappa shape index (κ1) is 18.3. The van der Waals surface area contributed by atoms with Crippen molar-refractivity contribution in [3.8, 4) is 11.4 Å². The quantitative estimate of drug-likeness (QED) is 0.451. The highest BCUT2D eigenvalue weighted by Gasteiger charge is 2.14. The minimum atomic E-state index is -0.311. The maximum atomic E-state index is 12.6. The van der Waals surface area contributed by atoms with Crippen LogP contribution in [0.15, 0.2) is 71.9 Å². The fraction of sp³-hybridized carbons (Fsp3) is 0.0909. The van der Waals surface area contributed by atoms with Crippen LogP contribution in [0, 0.1) is 0 Å². The van der Waals surface area contributed by atoms with Gasteiger partial charge in [0.1, 0.15) is 5.65 Å². The van der Waals surface area contributed by atoms with Gasteiger partial charge in [0.2, 0.25) is 5.95 Å². The molecule has 5 rings (SSSR count). The molecule has 0 aliphatic rings. The Morgan fingerprint density at radius 1 is 1.13 bits per heavy atom. The van der Waals surface area contributed by atoms with Gasteiger partial charge in [-0.3, -0.25) is 9.20 Å². The van der Waals surface area contributed by atoms with Gasteiger partial charge >= 0.3 is 0 Å². The molecule has 1 aromatic carbocycles. The molecule has 4 aromatic heterocycles. The first-order valence-electron chi connectivity index (χ1n) is 9.43. The zero-order valence-electron chi connectivity index (χ0n) is 16.0. The molecule has 2 N–H and O–H groups in total. The van der Waals surface area contributed by atoms with Crippen molar-refractivity contribution in [2.24, 2.45) is 0 Å². The van der Waals surface area contributed by atoms with Crippen molar-refractivity contribution in [3.05, 3.63) is 88.1 Å². The molecule has 1 atom stereocenters. The van der Waals surface area contributed by atoms with Crippen LogP contribution in [-0.2, 0) is 0 Å². The monoisotopic (exact) mass is 416 g/mol. The first-order valence-corrected chi connectivity index (χ1v) is 9.81. The lowest BCUT2D eigenvalue weighted by atomic mass is 10.1. The molecule has 7 nitrogen and oxygen atoms in total. The summed E-state index contributed by atoms with van der Waals surface area (Å²) >= 11 is 6.09. The summed E-state index contributed by atoms with van der Waals surface area (Å²) in [6.07, 6.45) is 5.40. The number of hydrogen-bond acceptors (Lipinski definition) is 5.